The van der Waals surface area contributed by atoms with Crippen molar-refractivity contribution >= 4 is 39.9 Å². The third-order valence-corrected chi connectivity index (χ3v) is 7.92. The number of β-lactam (4-membered cyclic amide) rings is 1. The molecule has 2 amide bonds. The fourth-order valence-corrected chi connectivity index (χ4v) is 6.35. The van der Waals surface area contributed by atoms with E-state index in [1.165, 1.54) is 30.5 Å². The number of aliphatic carboxylic acids is 1. The number of thioether (sulfide) groups is 1. The molecule has 0 aromatic rings. The molecule has 0 bridgehead atoms. The molecule has 3 aliphatic heterocycles. The Balaban J connectivity index is 1.77. The van der Waals surface area contributed by atoms with E-state index in [0.717, 1.165) is 12.8 Å². The van der Waals surface area contributed by atoms with Crippen LogP contribution in [0.1, 0.15) is 33.6 Å². The second kappa shape index (κ2) is 7.89. The van der Waals surface area contributed by atoms with E-state index in [2.05, 4.69) is 4.18 Å². The number of rotatable bonds is 6. The Hall–Kier alpha value is -1.63. The van der Waals surface area contributed by atoms with Crippen LogP contribution in [-0.2, 0) is 29.0 Å². The highest BCUT2D eigenvalue weighted by atomic mass is 32.3. The molecule has 0 aromatic carbocycles. The molecule has 3 aliphatic rings. The summed E-state index contributed by atoms with van der Waals surface area (Å²) in [5.41, 5.74) is -0.0678. The van der Waals surface area contributed by atoms with Crippen LogP contribution < -0.4 is 0 Å². The monoisotopic (exact) mass is 448 g/mol. The lowest BCUT2D eigenvalue weighted by Crippen LogP contribution is -2.64. The maximum atomic E-state index is 12.6. The van der Waals surface area contributed by atoms with Gasteiger partial charge < -0.3 is 14.9 Å². The van der Waals surface area contributed by atoms with Crippen molar-refractivity contribution in [1.82, 2.24) is 9.80 Å². The SMILES string of the molecule is CC(=O)N1CCC(SC2=C(C(=O)O)N3C(=O)[C@H]([C@@H](C)OS(=O)(=O)O)[C@H]3[C@H]2C)CC1. The van der Waals surface area contributed by atoms with Crippen molar-refractivity contribution in [3.8, 4) is 0 Å². The summed E-state index contributed by atoms with van der Waals surface area (Å²) in [6.45, 7) is 5.89. The number of carboxylic acid groups (broad SMARTS) is 1. The quantitative estimate of drug-likeness (QED) is 0.444. The van der Waals surface area contributed by atoms with E-state index in [9.17, 15) is 27.9 Å². The number of hydrogen-bond donors (Lipinski definition) is 2. The zero-order valence-electron chi connectivity index (χ0n) is 16.3. The van der Waals surface area contributed by atoms with Gasteiger partial charge in [-0.15, -0.1) is 11.8 Å². The molecule has 3 rings (SSSR count). The van der Waals surface area contributed by atoms with Crippen LogP contribution >= 0.6 is 11.8 Å². The molecule has 0 radical (unpaired) electrons. The number of piperidine rings is 1. The number of nitrogens with zero attached hydrogens (tertiary/aromatic N) is 2. The molecule has 12 heteroatoms. The van der Waals surface area contributed by atoms with Gasteiger partial charge in [0.15, 0.2) is 0 Å². The number of likely N-dealkylation sites (tertiary alicyclic amines) is 1. The van der Waals surface area contributed by atoms with E-state index in [-0.39, 0.29) is 22.8 Å². The largest absolute Gasteiger partial charge is 0.477 e. The van der Waals surface area contributed by atoms with Gasteiger partial charge in [0.05, 0.1) is 18.1 Å². The first-order chi connectivity index (χ1) is 13.4. The molecular weight excluding hydrogens is 424 g/mol. The van der Waals surface area contributed by atoms with Gasteiger partial charge in [-0.05, 0) is 19.8 Å². The standard InChI is InChI=1S/C17H24N2O8S2/c1-8-13-12(9(2)27-29(24,25)26)16(21)19(13)14(17(22)23)15(8)28-11-4-6-18(7-5-11)10(3)20/h8-9,11-13H,4-7H2,1-3H3,(H,22,23)(H,24,25,26)/t8-,9-,12-,13-/m1/s1. The summed E-state index contributed by atoms with van der Waals surface area (Å²) in [6, 6.07) is -0.537. The molecule has 162 valence electrons. The second-order valence-electron chi connectivity index (χ2n) is 7.58. The molecule has 3 heterocycles. The van der Waals surface area contributed by atoms with E-state index < -0.39 is 40.3 Å². The Bertz CT molecular complexity index is 863. The summed E-state index contributed by atoms with van der Waals surface area (Å²) in [5, 5.41) is 9.83. The topological polar surface area (TPSA) is 142 Å². The van der Waals surface area contributed by atoms with Gasteiger partial charge in [-0.3, -0.25) is 14.1 Å². The first-order valence-corrected chi connectivity index (χ1v) is 11.5. The highest BCUT2D eigenvalue weighted by molar-refractivity contribution is 8.03. The summed E-state index contributed by atoms with van der Waals surface area (Å²) in [5.74, 6) is -2.90. The third kappa shape index (κ3) is 4.16. The molecule has 10 nitrogen and oxygen atoms in total. The van der Waals surface area contributed by atoms with Crippen molar-refractivity contribution in [3.63, 3.8) is 0 Å². The molecule has 4 atom stereocenters. The van der Waals surface area contributed by atoms with E-state index in [0.29, 0.717) is 18.0 Å². The molecule has 0 aromatic heterocycles. The fraction of sp³-hybridized carbons (Fsp3) is 0.706. The van der Waals surface area contributed by atoms with E-state index in [1.54, 1.807) is 11.8 Å². The Morgan fingerprint density at radius 3 is 2.34 bits per heavy atom. The van der Waals surface area contributed by atoms with Crippen LogP contribution in [0.5, 0.6) is 0 Å². The lowest BCUT2D eigenvalue weighted by Gasteiger charge is -2.46. The van der Waals surface area contributed by atoms with E-state index in [4.69, 9.17) is 4.55 Å². The Morgan fingerprint density at radius 1 is 1.28 bits per heavy atom. The summed E-state index contributed by atoms with van der Waals surface area (Å²) < 4.78 is 35.5. The number of fused-ring (bicyclic) bond motifs is 1. The van der Waals surface area contributed by atoms with Crippen molar-refractivity contribution in [2.75, 3.05) is 13.1 Å². The fourth-order valence-electron chi connectivity index (χ4n) is 4.39. The van der Waals surface area contributed by atoms with Gasteiger partial charge in [0.25, 0.3) is 0 Å². The van der Waals surface area contributed by atoms with Crippen LogP contribution in [0, 0.1) is 11.8 Å². The van der Waals surface area contributed by atoms with Gasteiger partial charge in [0, 0.05) is 36.1 Å². The number of carbonyl (C=O) groups excluding carboxylic acids is 2. The molecular formula is C17H24N2O8S2. The first kappa shape index (κ1) is 22.1. The van der Waals surface area contributed by atoms with Crippen LogP contribution in [0.2, 0.25) is 0 Å². The molecule has 0 saturated carbocycles. The zero-order valence-corrected chi connectivity index (χ0v) is 17.9. The zero-order chi connectivity index (χ0) is 21.7. The second-order valence-corrected chi connectivity index (χ2v) is 9.97. The smallest absolute Gasteiger partial charge is 0.397 e. The van der Waals surface area contributed by atoms with Gasteiger partial charge in [0.2, 0.25) is 11.8 Å². The predicted molar refractivity (Wildman–Crippen MR) is 103 cm³/mol. The molecule has 2 fully saturated rings. The normalized spacial score (nSPS) is 29.0. The highest BCUT2D eigenvalue weighted by Gasteiger charge is 2.61. The molecule has 2 saturated heterocycles. The lowest BCUT2D eigenvalue weighted by molar-refractivity contribution is -0.162. The molecule has 29 heavy (non-hydrogen) atoms. The Morgan fingerprint density at radius 2 is 1.86 bits per heavy atom. The highest BCUT2D eigenvalue weighted by Crippen LogP contribution is 2.52. The summed E-state index contributed by atoms with van der Waals surface area (Å²) in [6.07, 6.45) is 0.328. The van der Waals surface area contributed by atoms with Crippen LogP contribution in [0.15, 0.2) is 10.6 Å². The molecule has 0 aliphatic carbocycles. The van der Waals surface area contributed by atoms with Gasteiger partial charge in [0.1, 0.15) is 5.70 Å². The van der Waals surface area contributed by atoms with Crippen LogP contribution in [0.4, 0.5) is 0 Å². The van der Waals surface area contributed by atoms with Gasteiger partial charge in [-0.25, -0.2) is 8.98 Å². The van der Waals surface area contributed by atoms with Crippen molar-refractivity contribution in [2.24, 2.45) is 11.8 Å². The van der Waals surface area contributed by atoms with Crippen molar-refractivity contribution < 1.29 is 36.6 Å². The minimum Gasteiger partial charge on any atom is -0.477 e. The Labute approximate surface area is 173 Å². The molecule has 2 N–H and O–H groups in total. The third-order valence-electron chi connectivity index (χ3n) is 5.75. The van der Waals surface area contributed by atoms with Crippen LogP contribution in [-0.4, -0.2) is 76.1 Å². The van der Waals surface area contributed by atoms with Crippen LogP contribution in [0.3, 0.4) is 0 Å². The average molecular weight is 449 g/mol. The van der Waals surface area contributed by atoms with E-state index >= 15 is 0 Å². The maximum Gasteiger partial charge on any atom is 0.397 e. The molecule has 0 spiro atoms. The van der Waals surface area contributed by atoms with Gasteiger partial charge >= 0.3 is 16.4 Å². The summed E-state index contributed by atoms with van der Waals surface area (Å²) >= 11 is 1.42. The number of carbonyl (C=O) groups is 3. The van der Waals surface area contributed by atoms with Crippen molar-refractivity contribution in [3.05, 3.63) is 10.6 Å². The number of hydrogen-bond acceptors (Lipinski definition) is 7. The lowest BCUT2D eigenvalue weighted by atomic mass is 9.79. The molecule has 0 unspecified atom stereocenters. The Kier molecular flexibility index (Phi) is 6.01. The van der Waals surface area contributed by atoms with Crippen molar-refractivity contribution in [2.45, 2.75) is 51.0 Å². The van der Waals surface area contributed by atoms with Crippen molar-refractivity contribution in [1.29, 1.82) is 0 Å². The summed E-state index contributed by atoms with van der Waals surface area (Å²) in [4.78, 5) is 39.5. The number of amides is 2. The minimum absolute atomic E-state index is 0.0125. The first-order valence-electron chi connectivity index (χ1n) is 9.30. The minimum atomic E-state index is -4.73. The van der Waals surface area contributed by atoms with Gasteiger partial charge in [-0.1, -0.05) is 6.92 Å². The average Bonchev–Trinajstić information content (AvgIpc) is 2.83. The van der Waals surface area contributed by atoms with E-state index in [1.807, 2.05) is 0 Å². The van der Waals surface area contributed by atoms with Crippen LogP contribution in [0.25, 0.3) is 0 Å². The van der Waals surface area contributed by atoms with Gasteiger partial charge in [-0.2, -0.15) is 8.42 Å². The number of carboxylic acids is 1. The predicted octanol–water partition coefficient (Wildman–Crippen LogP) is 0.711. The summed E-state index contributed by atoms with van der Waals surface area (Å²) in [7, 11) is -4.73. The maximum absolute atomic E-state index is 12.6.